The van der Waals surface area contributed by atoms with Gasteiger partial charge in [-0.05, 0) is 45.5 Å². The first-order valence-corrected chi connectivity index (χ1v) is 11.0. The maximum atomic E-state index is 13.0. The highest BCUT2D eigenvalue weighted by Gasteiger charge is 2.49. The Morgan fingerprint density at radius 3 is 2.32 bits per heavy atom. The van der Waals surface area contributed by atoms with E-state index in [0.29, 0.717) is 12.1 Å². The number of aryl methyl sites for hydroxylation is 1. The lowest BCUT2D eigenvalue weighted by molar-refractivity contribution is -0.139. The van der Waals surface area contributed by atoms with Gasteiger partial charge in [0.15, 0.2) is 0 Å². The molecule has 2 N–H and O–H groups in total. The molecule has 0 spiro atoms. The molecule has 34 heavy (non-hydrogen) atoms. The second-order valence-electron chi connectivity index (χ2n) is 8.67. The monoisotopic (exact) mass is 460 g/mol. The average molecular weight is 461 g/mol. The molecule has 9 heteroatoms. The Morgan fingerprint density at radius 1 is 1.06 bits per heavy atom. The van der Waals surface area contributed by atoms with Crippen LogP contribution < -0.4 is 10.7 Å². The van der Waals surface area contributed by atoms with Crippen molar-refractivity contribution in [2.45, 2.75) is 32.9 Å². The molecule has 1 aliphatic rings. The predicted octanol–water partition coefficient (Wildman–Crippen LogP) is 2.42. The first-order chi connectivity index (χ1) is 16.2. The van der Waals surface area contributed by atoms with Crippen LogP contribution in [0, 0.1) is 13.8 Å². The number of imide groups is 1. The molecule has 1 fully saturated rings. The van der Waals surface area contributed by atoms with Gasteiger partial charge in [0.25, 0.3) is 11.8 Å². The van der Waals surface area contributed by atoms with Crippen LogP contribution in [0.4, 0.5) is 4.79 Å². The maximum Gasteiger partial charge on any atom is 0.344 e. The number of hydrogen-bond donors (Lipinski definition) is 2. The number of rotatable bonds is 7. The number of carbonyl (C=O) groups is 3. The number of para-hydroxylation sites is 1. The molecule has 0 unspecified atom stereocenters. The minimum atomic E-state index is -1.24. The lowest BCUT2D eigenvalue weighted by atomic mass is 9.92. The van der Waals surface area contributed by atoms with Crippen molar-refractivity contribution in [2.24, 2.45) is 0 Å². The zero-order valence-corrected chi connectivity index (χ0v) is 19.7. The van der Waals surface area contributed by atoms with Crippen molar-refractivity contribution in [3.63, 3.8) is 0 Å². The number of nitrogens with one attached hydrogen (secondary N) is 2. The summed E-state index contributed by atoms with van der Waals surface area (Å²) in [5, 5.41) is 8.08. The topological polar surface area (TPSA) is 99.6 Å². The summed E-state index contributed by atoms with van der Waals surface area (Å²) < 4.78 is 1.89. The standard InChI is InChI=1S/C25H28N6O3/c1-17-21(18(2)30(27-17)20-13-9-6-10-14-20)15-29(4)16-22(32)28-31-23(33)25(3,26-24(31)34)19-11-7-5-8-12-19/h5-14H,15-16H2,1-4H3,(H,26,34)(H,28,32)/t25-/m1/s1. The van der Waals surface area contributed by atoms with Gasteiger partial charge in [0.1, 0.15) is 5.54 Å². The molecule has 176 valence electrons. The van der Waals surface area contributed by atoms with Crippen molar-refractivity contribution < 1.29 is 14.4 Å². The second kappa shape index (κ2) is 9.11. The predicted molar refractivity (Wildman–Crippen MR) is 127 cm³/mol. The maximum absolute atomic E-state index is 13.0. The number of hydrogen-bond acceptors (Lipinski definition) is 5. The molecule has 4 amide bonds. The highest BCUT2D eigenvalue weighted by molar-refractivity contribution is 6.08. The van der Waals surface area contributed by atoms with E-state index in [1.807, 2.05) is 59.8 Å². The summed E-state index contributed by atoms with van der Waals surface area (Å²) >= 11 is 0. The number of benzene rings is 2. The van der Waals surface area contributed by atoms with Crippen LogP contribution in [0.15, 0.2) is 60.7 Å². The van der Waals surface area contributed by atoms with Gasteiger partial charge in [-0.3, -0.25) is 19.9 Å². The Balaban J connectivity index is 1.41. The van der Waals surface area contributed by atoms with Gasteiger partial charge in [0, 0.05) is 17.8 Å². The summed E-state index contributed by atoms with van der Waals surface area (Å²) in [6, 6.07) is 18.1. The number of likely N-dealkylation sites (N-methyl/N-ethyl adjacent to an activating group) is 1. The largest absolute Gasteiger partial charge is 0.344 e. The Kier molecular flexibility index (Phi) is 6.21. The van der Waals surface area contributed by atoms with Crippen LogP contribution >= 0.6 is 0 Å². The SMILES string of the molecule is Cc1nn(-c2ccccc2)c(C)c1CN(C)CC(=O)NN1C(=O)N[C@](C)(c2ccccc2)C1=O. The van der Waals surface area contributed by atoms with Crippen LogP contribution in [0.25, 0.3) is 5.69 Å². The van der Waals surface area contributed by atoms with E-state index in [0.717, 1.165) is 27.6 Å². The van der Waals surface area contributed by atoms with Crippen molar-refractivity contribution in [2.75, 3.05) is 13.6 Å². The Hall–Kier alpha value is -3.98. The zero-order chi connectivity index (χ0) is 24.5. The summed E-state index contributed by atoms with van der Waals surface area (Å²) in [7, 11) is 1.80. The van der Waals surface area contributed by atoms with Gasteiger partial charge in [0.05, 0.1) is 17.9 Å². The molecule has 1 aromatic heterocycles. The Labute approximate surface area is 198 Å². The van der Waals surface area contributed by atoms with E-state index in [9.17, 15) is 14.4 Å². The second-order valence-corrected chi connectivity index (χ2v) is 8.67. The molecule has 9 nitrogen and oxygen atoms in total. The molecule has 1 atom stereocenters. The van der Waals surface area contributed by atoms with E-state index in [1.54, 1.807) is 38.2 Å². The molecule has 0 bridgehead atoms. The summed E-state index contributed by atoms with van der Waals surface area (Å²) in [5.41, 5.74) is 5.71. The normalized spacial score (nSPS) is 17.9. The molecule has 2 aromatic carbocycles. The summed E-state index contributed by atoms with van der Waals surface area (Å²) in [6.07, 6.45) is 0. The van der Waals surface area contributed by atoms with Gasteiger partial charge in [-0.1, -0.05) is 48.5 Å². The Morgan fingerprint density at radius 2 is 1.68 bits per heavy atom. The van der Waals surface area contributed by atoms with Gasteiger partial charge >= 0.3 is 6.03 Å². The molecular weight excluding hydrogens is 432 g/mol. The minimum Gasteiger partial charge on any atom is -0.318 e. The fourth-order valence-corrected chi connectivity index (χ4v) is 4.16. The molecule has 4 rings (SSSR count). The fraction of sp³-hybridized carbons (Fsp3) is 0.280. The first kappa shape index (κ1) is 23.2. The lowest BCUT2D eigenvalue weighted by Crippen LogP contribution is -2.50. The van der Waals surface area contributed by atoms with E-state index < -0.39 is 23.4 Å². The number of urea groups is 1. The van der Waals surface area contributed by atoms with Gasteiger partial charge in [-0.2, -0.15) is 10.1 Å². The van der Waals surface area contributed by atoms with Crippen LogP contribution in [0.2, 0.25) is 0 Å². The molecule has 3 aromatic rings. The highest BCUT2D eigenvalue weighted by Crippen LogP contribution is 2.27. The third-order valence-electron chi connectivity index (χ3n) is 6.06. The van der Waals surface area contributed by atoms with E-state index in [4.69, 9.17) is 0 Å². The van der Waals surface area contributed by atoms with Crippen molar-refractivity contribution in [1.82, 2.24) is 30.4 Å². The molecule has 0 radical (unpaired) electrons. The summed E-state index contributed by atoms with van der Waals surface area (Å²) in [4.78, 5) is 40.0. The number of carbonyl (C=O) groups excluding carboxylic acids is 3. The molecular formula is C25H28N6O3. The van der Waals surface area contributed by atoms with Gasteiger partial charge in [-0.15, -0.1) is 0 Å². The number of aromatic nitrogens is 2. The van der Waals surface area contributed by atoms with Crippen LogP contribution in [0.1, 0.15) is 29.4 Å². The van der Waals surface area contributed by atoms with Crippen LogP contribution in [0.5, 0.6) is 0 Å². The van der Waals surface area contributed by atoms with Crippen molar-refractivity contribution >= 4 is 17.8 Å². The van der Waals surface area contributed by atoms with Crippen LogP contribution in [0.3, 0.4) is 0 Å². The van der Waals surface area contributed by atoms with Crippen LogP contribution in [-0.4, -0.2) is 51.1 Å². The van der Waals surface area contributed by atoms with Gasteiger partial charge in [0.2, 0.25) is 0 Å². The lowest BCUT2D eigenvalue weighted by Gasteiger charge is -2.22. The molecule has 0 saturated carbocycles. The van der Waals surface area contributed by atoms with E-state index in [-0.39, 0.29) is 6.54 Å². The number of nitrogens with zero attached hydrogens (tertiary/aromatic N) is 4. The first-order valence-electron chi connectivity index (χ1n) is 11.0. The van der Waals surface area contributed by atoms with Gasteiger partial charge in [-0.25, -0.2) is 9.48 Å². The third kappa shape index (κ3) is 4.29. The fourth-order valence-electron chi connectivity index (χ4n) is 4.16. The third-order valence-corrected chi connectivity index (χ3v) is 6.06. The van der Waals surface area contributed by atoms with Crippen molar-refractivity contribution in [3.05, 3.63) is 83.2 Å². The van der Waals surface area contributed by atoms with E-state index in [1.165, 1.54) is 0 Å². The molecule has 0 aliphatic carbocycles. The highest BCUT2D eigenvalue weighted by atomic mass is 16.2. The summed E-state index contributed by atoms with van der Waals surface area (Å²) in [6.45, 7) is 6.03. The van der Waals surface area contributed by atoms with E-state index in [2.05, 4.69) is 15.8 Å². The minimum absolute atomic E-state index is 0.00545. The zero-order valence-electron chi connectivity index (χ0n) is 19.7. The summed E-state index contributed by atoms with van der Waals surface area (Å²) in [5.74, 6) is -0.996. The number of hydrazine groups is 1. The van der Waals surface area contributed by atoms with E-state index >= 15 is 0 Å². The average Bonchev–Trinajstić information content (AvgIpc) is 3.22. The van der Waals surface area contributed by atoms with Crippen molar-refractivity contribution in [1.29, 1.82) is 0 Å². The molecule has 1 aliphatic heterocycles. The smallest absolute Gasteiger partial charge is 0.318 e. The number of amides is 4. The molecule has 2 heterocycles. The molecule has 1 saturated heterocycles. The Bertz CT molecular complexity index is 1220. The van der Waals surface area contributed by atoms with Crippen molar-refractivity contribution in [3.8, 4) is 5.69 Å². The quantitative estimate of drug-likeness (QED) is 0.528. The van der Waals surface area contributed by atoms with Crippen LogP contribution in [-0.2, 0) is 21.7 Å². The van der Waals surface area contributed by atoms with Gasteiger partial charge < -0.3 is 5.32 Å².